The van der Waals surface area contributed by atoms with Crippen molar-refractivity contribution in [2.24, 2.45) is 0 Å². The highest BCUT2D eigenvalue weighted by Gasteiger charge is 2.21. The molecule has 0 atom stereocenters. The summed E-state index contributed by atoms with van der Waals surface area (Å²) in [6.45, 7) is 1.40. The van der Waals surface area contributed by atoms with Gasteiger partial charge in [-0.2, -0.15) is 0 Å². The number of benzene rings is 1. The predicted octanol–water partition coefficient (Wildman–Crippen LogP) is 3.21. The number of rotatable bonds is 2. The van der Waals surface area contributed by atoms with Crippen molar-refractivity contribution in [3.63, 3.8) is 0 Å². The highest BCUT2D eigenvalue weighted by molar-refractivity contribution is 6.33. The van der Waals surface area contributed by atoms with Gasteiger partial charge >= 0.3 is 0 Å². The van der Waals surface area contributed by atoms with Gasteiger partial charge in [-0.15, -0.1) is 0 Å². The van der Waals surface area contributed by atoms with Gasteiger partial charge in [0.15, 0.2) is 0 Å². The van der Waals surface area contributed by atoms with Gasteiger partial charge in [-0.05, 0) is 17.7 Å². The Balaban J connectivity index is 1.93. The average molecular weight is 290 g/mol. The second kappa shape index (κ2) is 5.09. The van der Waals surface area contributed by atoms with Gasteiger partial charge in [0.05, 0.1) is 15.6 Å². The fourth-order valence-electron chi connectivity index (χ4n) is 2.43. The number of anilines is 1. The Morgan fingerprint density at radius 2 is 2.15 bits per heavy atom. The number of halogens is 1. The standard InChI is InChI=1S/C14H12ClN3O2/c15-12-3-1-2-4-14(12)17-6-5-13-10(9-17)7-11(8-16-13)18(19)20/h1-4,7-8H,5-6,9H2. The van der Waals surface area contributed by atoms with Crippen LogP contribution in [0.25, 0.3) is 0 Å². The molecule has 0 saturated carbocycles. The van der Waals surface area contributed by atoms with E-state index in [2.05, 4.69) is 9.88 Å². The number of nitro groups is 1. The van der Waals surface area contributed by atoms with Crippen LogP contribution in [0.15, 0.2) is 36.5 Å². The van der Waals surface area contributed by atoms with Gasteiger partial charge < -0.3 is 4.90 Å². The van der Waals surface area contributed by atoms with E-state index in [0.29, 0.717) is 11.6 Å². The molecule has 20 heavy (non-hydrogen) atoms. The minimum atomic E-state index is -0.415. The van der Waals surface area contributed by atoms with E-state index < -0.39 is 4.92 Å². The van der Waals surface area contributed by atoms with Gasteiger partial charge in [-0.25, -0.2) is 0 Å². The van der Waals surface area contributed by atoms with Crippen LogP contribution in [0.2, 0.25) is 5.02 Å². The highest BCUT2D eigenvalue weighted by atomic mass is 35.5. The topological polar surface area (TPSA) is 59.3 Å². The first-order valence-electron chi connectivity index (χ1n) is 6.27. The third-order valence-electron chi connectivity index (χ3n) is 3.43. The Labute approximate surface area is 121 Å². The van der Waals surface area contributed by atoms with Gasteiger partial charge in [0.1, 0.15) is 6.20 Å². The molecule has 3 rings (SSSR count). The van der Waals surface area contributed by atoms with Crippen LogP contribution in [0.4, 0.5) is 11.4 Å². The number of fused-ring (bicyclic) bond motifs is 1. The molecule has 0 unspecified atom stereocenters. The van der Waals surface area contributed by atoms with Gasteiger partial charge in [0.25, 0.3) is 5.69 Å². The maximum atomic E-state index is 10.8. The summed E-state index contributed by atoms with van der Waals surface area (Å²) in [5, 5.41) is 11.5. The first-order valence-corrected chi connectivity index (χ1v) is 6.64. The molecular weight excluding hydrogens is 278 g/mol. The van der Waals surface area contributed by atoms with Crippen LogP contribution < -0.4 is 4.90 Å². The number of nitrogens with zero attached hydrogens (tertiary/aromatic N) is 3. The second-order valence-corrected chi connectivity index (χ2v) is 5.09. The molecule has 5 nitrogen and oxygen atoms in total. The average Bonchev–Trinajstić information content (AvgIpc) is 2.46. The van der Waals surface area contributed by atoms with E-state index in [-0.39, 0.29) is 5.69 Å². The molecule has 0 spiro atoms. The molecule has 0 fully saturated rings. The summed E-state index contributed by atoms with van der Waals surface area (Å²) in [4.78, 5) is 16.7. The molecule has 2 aromatic rings. The summed E-state index contributed by atoms with van der Waals surface area (Å²) in [6, 6.07) is 9.22. The minimum absolute atomic E-state index is 0.0322. The van der Waals surface area contributed by atoms with Crippen LogP contribution >= 0.6 is 11.6 Å². The van der Waals surface area contributed by atoms with Crippen molar-refractivity contribution in [1.29, 1.82) is 0 Å². The predicted molar refractivity (Wildman–Crippen MR) is 77.1 cm³/mol. The van der Waals surface area contributed by atoms with Crippen LogP contribution in [0, 0.1) is 10.1 Å². The van der Waals surface area contributed by atoms with Crippen LogP contribution in [0.3, 0.4) is 0 Å². The Bertz CT molecular complexity index is 675. The zero-order chi connectivity index (χ0) is 14.1. The molecule has 102 valence electrons. The van der Waals surface area contributed by atoms with Gasteiger partial charge in [-0.1, -0.05) is 23.7 Å². The van der Waals surface area contributed by atoms with Crippen molar-refractivity contribution in [2.45, 2.75) is 13.0 Å². The Morgan fingerprint density at radius 3 is 2.90 bits per heavy atom. The molecule has 0 bridgehead atoms. The maximum absolute atomic E-state index is 10.8. The molecule has 0 amide bonds. The Hall–Kier alpha value is -2.14. The molecule has 0 N–H and O–H groups in total. The molecule has 2 heterocycles. The van der Waals surface area contributed by atoms with E-state index in [1.54, 1.807) is 6.07 Å². The molecule has 1 aromatic heterocycles. The van der Waals surface area contributed by atoms with E-state index in [0.717, 1.165) is 29.9 Å². The summed E-state index contributed by atoms with van der Waals surface area (Å²) in [6.07, 6.45) is 2.09. The zero-order valence-corrected chi connectivity index (χ0v) is 11.4. The van der Waals surface area contributed by atoms with Crippen molar-refractivity contribution < 1.29 is 4.92 Å². The molecule has 6 heteroatoms. The van der Waals surface area contributed by atoms with Gasteiger partial charge in [-0.3, -0.25) is 15.1 Å². The summed E-state index contributed by atoms with van der Waals surface area (Å²) in [5.74, 6) is 0. The van der Waals surface area contributed by atoms with Crippen LogP contribution in [-0.4, -0.2) is 16.5 Å². The van der Waals surface area contributed by atoms with Gasteiger partial charge in [0, 0.05) is 31.3 Å². The first kappa shape index (κ1) is 12.9. The summed E-state index contributed by atoms with van der Waals surface area (Å²) in [7, 11) is 0. The lowest BCUT2D eigenvalue weighted by Crippen LogP contribution is -2.31. The molecule has 0 radical (unpaired) electrons. The number of para-hydroxylation sites is 1. The molecule has 1 aliphatic heterocycles. The highest BCUT2D eigenvalue weighted by Crippen LogP contribution is 2.30. The smallest absolute Gasteiger partial charge is 0.287 e. The van der Waals surface area contributed by atoms with Crippen molar-refractivity contribution in [3.8, 4) is 0 Å². The van der Waals surface area contributed by atoms with E-state index >= 15 is 0 Å². The normalized spacial score (nSPS) is 13.9. The fourth-order valence-corrected chi connectivity index (χ4v) is 2.68. The monoisotopic (exact) mass is 289 g/mol. The number of hydrogen-bond donors (Lipinski definition) is 0. The lowest BCUT2D eigenvalue weighted by molar-refractivity contribution is -0.385. The zero-order valence-electron chi connectivity index (χ0n) is 10.6. The van der Waals surface area contributed by atoms with Crippen LogP contribution in [-0.2, 0) is 13.0 Å². The molecule has 1 aliphatic rings. The summed E-state index contributed by atoms with van der Waals surface area (Å²) >= 11 is 6.20. The maximum Gasteiger partial charge on any atom is 0.287 e. The van der Waals surface area contributed by atoms with Crippen molar-refractivity contribution in [2.75, 3.05) is 11.4 Å². The van der Waals surface area contributed by atoms with Gasteiger partial charge in [0.2, 0.25) is 0 Å². The Kier molecular flexibility index (Phi) is 3.28. The van der Waals surface area contributed by atoms with Crippen molar-refractivity contribution >= 4 is 23.0 Å². The van der Waals surface area contributed by atoms with E-state index in [9.17, 15) is 10.1 Å². The first-order chi connectivity index (χ1) is 9.65. The number of aromatic nitrogens is 1. The minimum Gasteiger partial charge on any atom is -0.366 e. The largest absolute Gasteiger partial charge is 0.366 e. The molecule has 0 saturated heterocycles. The van der Waals surface area contributed by atoms with E-state index in [4.69, 9.17) is 11.6 Å². The quantitative estimate of drug-likeness (QED) is 0.629. The summed E-state index contributed by atoms with van der Waals surface area (Å²) in [5.41, 5.74) is 2.81. The summed E-state index contributed by atoms with van der Waals surface area (Å²) < 4.78 is 0. The fraction of sp³-hybridized carbons (Fsp3) is 0.214. The lowest BCUT2D eigenvalue weighted by atomic mass is 10.0. The Morgan fingerprint density at radius 1 is 1.35 bits per heavy atom. The van der Waals surface area contributed by atoms with Crippen molar-refractivity contribution in [3.05, 3.63) is 62.9 Å². The molecule has 0 aliphatic carbocycles. The van der Waals surface area contributed by atoms with Crippen LogP contribution in [0.1, 0.15) is 11.3 Å². The lowest BCUT2D eigenvalue weighted by Gasteiger charge is -2.30. The molecule has 1 aromatic carbocycles. The molecular formula is C14H12ClN3O2. The number of hydrogen-bond acceptors (Lipinski definition) is 4. The third kappa shape index (κ3) is 2.32. The number of pyridine rings is 1. The van der Waals surface area contributed by atoms with E-state index in [1.165, 1.54) is 6.20 Å². The SMILES string of the molecule is O=[N+]([O-])c1cnc2c(c1)CN(c1ccccc1Cl)CC2. The third-order valence-corrected chi connectivity index (χ3v) is 3.75. The van der Waals surface area contributed by atoms with E-state index in [1.807, 2.05) is 24.3 Å². The second-order valence-electron chi connectivity index (χ2n) is 4.68. The van der Waals surface area contributed by atoms with Crippen molar-refractivity contribution in [1.82, 2.24) is 4.98 Å². The van der Waals surface area contributed by atoms with Crippen LogP contribution in [0.5, 0.6) is 0 Å².